The number of hydrogen-bond donors (Lipinski definition) is 2. The predicted octanol–water partition coefficient (Wildman–Crippen LogP) is 3.17. The third-order valence-electron chi connectivity index (χ3n) is 3.73. The first-order valence-corrected chi connectivity index (χ1v) is 8.08. The van der Waals surface area contributed by atoms with Crippen LogP contribution in [0.4, 0.5) is 0 Å². The maximum Gasteiger partial charge on any atom is 0.161 e. The van der Waals surface area contributed by atoms with Crippen LogP contribution in [0.5, 0.6) is 11.5 Å². The summed E-state index contributed by atoms with van der Waals surface area (Å²) in [6.07, 6.45) is -0.447. The van der Waals surface area contributed by atoms with Crippen LogP contribution < -0.4 is 14.8 Å². The third kappa shape index (κ3) is 3.78. The van der Waals surface area contributed by atoms with Crippen LogP contribution in [0.3, 0.4) is 0 Å². The highest BCUT2D eigenvalue weighted by atomic mass is 35.5. The summed E-state index contributed by atoms with van der Waals surface area (Å²) >= 11 is 6.37. The summed E-state index contributed by atoms with van der Waals surface area (Å²) in [4.78, 5) is 0. The molecule has 0 amide bonds. The molecule has 1 aliphatic rings. The van der Waals surface area contributed by atoms with E-state index in [1.165, 1.54) is 0 Å². The molecule has 0 saturated heterocycles. The van der Waals surface area contributed by atoms with E-state index in [-0.39, 0.29) is 6.04 Å². The molecule has 2 N–H and O–H groups in total. The quantitative estimate of drug-likeness (QED) is 0.882. The maximum atomic E-state index is 9.62. The number of fused-ring (bicyclic) bond motifs is 1. The van der Waals surface area contributed by atoms with Gasteiger partial charge >= 0.3 is 0 Å². The van der Waals surface area contributed by atoms with Crippen molar-refractivity contribution >= 4 is 11.6 Å². The van der Waals surface area contributed by atoms with Crippen LogP contribution in [0.15, 0.2) is 42.5 Å². The molecule has 0 aromatic heterocycles. The Labute approximate surface area is 141 Å². The molecule has 0 spiro atoms. The number of aliphatic hydroxyl groups excluding tert-OH is 1. The smallest absolute Gasteiger partial charge is 0.161 e. The Hall–Kier alpha value is -1.75. The number of rotatable bonds is 5. The molecule has 1 aliphatic heterocycles. The molecule has 2 aromatic carbocycles. The van der Waals surface area contributed by atoms with Crippen LogP contribution in [0.1, 0.15) is 24.1 Å². The van der Waals surface area contributed by atoms with Crippen molar-refractivity contribution in [2.75, 3.05) is 19.8 Å². The van der Waals surface area contributed by atoms with Gasteiger partial charge in [-0.05, 0) is 36.2 Å². The summed E-state index contributed by atoms with van der Waals surface area (Å²) in [5, 5.41) is 13.7. The van der Waals surface area contributed by atoms with Crippen molar-refractivity contribution < 1.29 is 14.6 Å². The van der Waals surface area contributed by atoms with Crippen molar-refractivity contribution in [2.45, 2.75) is 19.1 Å². The molecule has 1 heterocycles. The Morgan fingerprint density at radius 1 is 1.13 bits per heavy atom. The van der Waals surface area contributed by atoms with Gasteiger partial charge in [0.2, 0.25) is 0 Å². The van der Waals surface area contributed by atoms with E-state index in [2.05, 4.69) is 5.32 Å². The van der Waals surface area contributed by atoms with Gasteiger partial charge in [0.15, 0.2) is 11.5 Å². The minimum absolute atomic E-state index is 0.130. The lowest BCUT2D eigenvalue weighted by Gasteiger charge is -2.24. The first kappa shape index (κ1) is 16.1. The Morgan fingerprint density at radius 2 is 1.87 bits per heavy atom. The van der Waals surface area contributed by atoms with E-state index in [0.717, 1.165) is 22.6 Å². The lowest BCUT2D eigenvalue weighted by atomic mass is 9.97. The second-order valence-corrected chi connectivity index (χ2v) is 6.02. The van der Waals surface area contributed by atoms with E-state index in [9.17, 15) is 5.11 Å². The van der Waals surface area contributed by atoms with E-state index >= 15 is 0 Å². The van der Waals surface area contributed by atoms with Gasteiger partial charge in [0.25, 0.3) is 0 Å². The molecule has 0 bridgehead atoms. The van der Waals surface area contributed by atoms with E-state index in [1.807, 2.05) is 42.5 Å². The Bertz CT molecular complexity index is 675. The van der Waals surface area contributed by atoms with Crippen LogP contribution in [-0.4, -0.2) is 31.0 Å². The number of benzene rings is 2. The average molecular weight is 334 g/mol. The third-order valence-corrected chi connectivity index (χ3v) is 4.08. The molecule has 122 valence electrons. The molecule has 4 nitrogen and oxygen atoms in total. The van der Waals surface area contributed by atoms with Crippen LogP contribution >= 0.6 is 11.6 Å². The molecule has 0 fully saturated rings. The fourth-order valence-corrected chi connectivity index (χ4v) is 2.89. The number of aliphatic hydroxyl groups is 1. The van der Waals surface area contributed by atoms with Crippen LogP contribution in [0.2, 0.25) is 5.02 Å². The average Bonchev–Trinajstić information content (AvgIpc) is 2.56. The molecular formula is C18H20ClNO3. The summed E-state index contributed by atoms with van der Waals surface area (Å²) in [6, 6.07) is 13.5. The van der Waals surface area contributed by atoms with Crippen LogP contribution in [0, 0.1) is 0 Å². The standard InChI is InChI=1S/C18H20ClNO3/c1-12(21)11-20-18(14-4-2-3-5-15(14)19)13-6-7-16-17(10-13)23-9-8-22-16/h2-7,10,12,18,20-21H,8-9,11H2,1H3. The van der Waals surface area contributed by atoms with Crippen molar-refractivity contribution in [1.82, 2.24) is 5.32 Å². The Kier molecular flexibility index (Phi) is 5.06. The molecule has 0 aliphatic carbocycles. The fraction of sp³-hybridized carbons (Fsp3) is 0.333. The number of ether oxygens (including phenoxy) is 2. The van der Waals surface area contributed by atoms with Gasteiger partial charge in [-0.3, -0.25) is 0 Å². The predicted molar refractivity (Wildman–Crippen MR) is 90.4 cm³/mol. The van der Waals surface area contributed by atoms with Gasteiger partial charge in [-0.2, -0.15) is 0 Å². The van der Waals surface area contributed by atoms with E-state index in [4.69, 9.17) is 21.1 Å². The second kappa shape index (κ2) is 7.21. The highest BCUT2D eigenvalue weighted by molar-refractivity contribution is 6.31. The first-order chi connectivity index (χ1) is 11.1. The second-order valence-electron chi connectivity index (χ2n) is 5.61. The minimum Gasteiger partial charge on any atom is -0.486 e. The summed E-state index contributed by atoms with van der Waals surface area (Å²) < 4.78 is 11.2. The first-order valence-electron chi connectivity index (χ1n) is 7.70. The lowest BCUT2D eigenvalue weighted by Crippen LogP contribution is -2.29. The van der Waals surface area contributed by atoms with Gasteiger partial charge in [-0.15, -0.1) is 0 Å². The van der Waals surface area contributed by atoms with Crippen molar-refractivity contribution in [3.05, 3.63) is 58.6 Å². The normalized spacial score (nSPS) is 16.0. The van der Waals surface area contributed by atoms with Gasteiger partial charge in [-0.1, -0.05) is 35.9 Å². The van der Waals surface area contributed by atoms with E-state index in [1.54, 1.807) is 6.92 Å². The summed E-state index contributed by atoms with van der Waals surface area (Å²) in [5.41, 5.74) is 1.98. The maximum absolute atomic E-state index is 9.62. The monoisotopic (exact) mass is 333 g/mol. The fourth-order valence-electron chi connectivity index (χ4n) is 2.64. The van der Waals surface area contributed by atoms with Crippen molar-refractivity contribution in [1.29, 1.82) is 0 Å². The summed E-state index contributed by atoms with van der Waals surface area (Å²) in [7, 11) is 0. The topological polar surface area (TPSA) is 50.7 Å². The van der Waals surface area contributed by atoms with Crippen molar-refractivity contribution in [3.8, 4) is 11.5 Å². The SMILES string of the molecule is CC(O)CNC(c1ccc2c(c1)OCCO2)c1ccccc1Cl. The van der Waals surface area contributed by atoms with E-state index in [0.29, 0.717) is 24.8 Å². The molecule has 0 saturated carbocycles. The van der Waals surface area contributed by atoms with Gasteiger partial charge < -0.3 is 19.9 Å². The zero-order valence-electron chi connectivity index (χ0n) is 13.0. The minimum atomic E-state index is -0.447. The molecule has 2 unspecified atom stereocenters. The highest BCUT2D eigenvalue weighted by Gasteiger charge is 2.20. The number of halogens is 1. The van der Waals surface area contributed by atoms with Gasteiger partial charge in [0, 0.05) is 11.6 Å². The Morgan fingerprint density at radius 3 is 2.61 bits per heavy atom. The number of hydrogen-bond acceptors (Lipinski definition) is 4. The zero-order chi connectivity index (χ0) is 16.2. The molecule has 2 aromatic rings. The number of nitrogens with one attached hydrogen (secondary N) is 1. The molecular weight excluding hydrogens is 314 g/mol. The Balaban J connectivity index is 1.96. The van der Waals surface area contributed by atoms with Gasteiger partial charge in [0.1, 0.15) is 13.2 Å². The molecule has 0 radical (unpaired) electrons. The highest BCUT2D eigenvalue weighted by Crippen LogP contribution is 2.35. The summed E-state index contributed by atoms with van der Waals surface area (Å²) in [5.74, 6) is 1.50. The molecule has 23 heavy (non-hydrogen) atoms. The lowest BCUT2D eigenvalue weighted by molar-refractivity contribution is 0.171. The van der Waals surface area contributed by atoms with E-state index < -0.39 is 6.10 Å². The summed E-state index contributed by atoms with van der Waals surface area (Å²) in [6.45, 7) is 3.33. The molecule has 3 rings (SSSR count). The van der Waals surface area contributed by atoms with Crippen LogP contribution in [0.25, 0.3) is 0 Å². The van der Waals surface area contributed by atoms with Crippen LogP contribution in [-0.2, 0) is 0 Å². The van der Waals surface area contributed by atoms with Gasteiger partial charge in [-0.25, -0.2) is 0 Å². The zero-order valence-corrected chi connectivity index (χ0v) is 13.7. The van der Waals surface area contributed by atoms with Gasteiger partial charge in [0.05, 0.1) is 12.1 Å². The van der Waals surface area contributed by atoms with Crippen molar-refractivity contribution in [3.63, 3.8) is 0 Å². The molecule has 2 atom stereocenters. The largest absolute Gasteiger partial charge is 0.486 e. The van der Waals surface area contributed by atoms with Crippen molar-refractivity contribution in [2.24, 2.45) is 0 Å². The molecule has 5 heteroatoms.